The smallest absolute Gasteiger partial charge is 0.227 e. The van der Waals surface area contributed by atoms with E-state index in [9.17, 15) is 4.79 Å². The lowest BCUT2D eigenvalue weighted by Gasteiger charge is -2.16. The van der Waals surface area contributed by atoms with Crippen molar-refractivity contribution in [3.63, 3.8) is 0 Å². The van der Waals surface area contributed by atoms with E-state index in [2.05, 4.69) is 20.6 Å². The highest BCUT2D eigenvalue weighted by Crippen LogP contribution is 2.13. The Bertz CT molecular complexity index is 371. The van der Waals surface area contributed by atoms with Gasteiger partial charge < -0.3 is 15.4 Å². The number of nitrogens with zero attached hydrogens (tertiary/aromatic N) is 2. The molecule has 1 fully saturated rings. The number of hydrogen-bond acceptors (Lipinski definition) is 5. The van der Waals surface area contributed by atoms with E-state index in [0.29, 0.717) is 19.8 Å². The van der Waals surface area contributed by atoms with E-state index in [0.717, 1.165) is 5.69 Å². The van der Waals surface area contributed by atoms with Crippen molar-refractivity contribution in [2.24, 2.45) is 5.92 Å². The zero-order valence-corrected chi connectivity index (χ0v) is 9.72. The van der Waals surface area contributed by atoms with Crippen LogP contribution in [0.15, 0.2) is 18.6 Å². The van der Waals surface area contributed by atoms with E-state index < -0.39 is 0 Å². The van der Waals surface area contributed by atoms with Gasteiger partial charge in [0.1, 0.15) is 6.33 Å². The first-order valence-corrected chi connectivity index (χ1v) is 5.59. The summed E-state index contributed by atoms with van der Waals surface area (Å²) in [5, 5.41) is 5.94. The number of aromatic nitrogens is 2. The van der Waals surface area contributed by atoms with E-state index in [4.69, 9.17) is 4.74 Å². The summed E-state index contributed by atoms with van der Waals surface area (Å²) in [4.78, 5) is 19.8. The maximum atomic E-state index is 11.9. The molecular formula is C11H16N4O2. The minimum absolute atomic E-state index is 0.000428. The molecule has 0 bridgehead atoms. The third-order valence-electron chi connectivity index (χ3n) is 2.88. The number of likely N-dealkylation sites (N-methyl/N-ethyl adjacent to an activating group) is 1. The van der Waals surface area contributed by atoms with Crippen LogP contribution in [0.2, 0.25) is 0 Å². The lowest BCUT2D eigenvalue weighted by molar-refractivity contribution is -0.125. The summed E-state index contributed by atoms with van der Waals surface area (Å²) in [5.74, 6) is -0.123. The minimum Gasteiger partial charge on any atom is -0.379 e. The standard InChI is InChI=1S/C11H16N4O2/c1-12-10-6-17-5-9(10)11(16)14-4-8-2-3-13-7-15-8/h2-3,7,9-10,12H,4-6H2,1H3,(H,14,16). The Labute approximate surface area is 99.8 Å². The summed E-state index contributed by atoms with van der Waals surface area (Å²) in [6, 6.07) is 1.88. The highest BCUT2D eigenvalue weighted by atomic mass is 16.5. The first kappa shape index (κ1) is 11.9. The highest BCUT2D eigenvalue weighted by Gasteiger charge is 2.32. The summed E-state index contributed by atoms with van der Waals surface area (Å²) in [7, 11) is 1.84. The fourth-order valence-electron chi connectivity index (χ4n) is 1.83. The van der Waals surface area contributed by atoms with Gasteiger partial charge in [0, 0.05) is 12.2 Å². The number of hydrogen-bond donors (Lipinski definition) is 2. The predicted molar refractivity (Wildman–Crippen MR) is 61.0 cm³/mol. The SMILES string of the molecule is CNC1COCC1C(=O)NCc1ccncn1. The van der Waals surface area contributed by atoms with Crippen molar-refractivity contribution < 1.29 is 9.53 Å². The minimum atomic E-state index is -0.123. The maximum absolute atomic E-state index is 11.9. The molecule has 92 valence electrons. The van der Waals surface area contributed by atoms with E-state index in [-0.39, 0.29) is 17.9 Å². The molecule has 0 aromatic carbocycles. The monoisotopic (exact) mass is 236 g/mol. The van der Waals surface area contributed by atoms with Crippen molar-refractivity contribution in [3.8, 4) is 0 Å². The molecule has 2 atom stereocenters. The van der Waals surface area contributed by atoms with Gasteiger partial charge in [0.2, 0.25) is 5.91 Å². The summed E-state index contributed by atoms with van der Waals surface area (Å²) in [6.07, 6.45) is 3.13. The molecule has 1 aliphatic rings. The normalized spacial score (nSPS) is 23.6. The molecule has 0 aliphatic carbocycles. The molecule has 2 heterocycles. The molecule has 6 heteroatoms. The van der Waals surface area contributed by atoms with Gasteiger partial charge in [-0.25, -0.2) is 9.97 Å². The molecule has 1 aromatic heterocycles. The second kappa shape index (κ2) is 5.70. The first-order valence-electron chi connectivity index (χ1n) is 5.59. The van der Waals surface area contributed by atoms with Gasteiger partial charge >= 0.3 is 0 Å². The van der Waals surface area contributed by atoms with Gasteiger partial charge in [-0.05, 0) is 13.1 Å². The number of nitrogens with one attached hydrogen (secondary N) is 2. The van der Waals surface area contributed by atoms with Crippen LogP contribution in [0.25, 0.3) is 0 Å². The van der Waals surface area contributed by atoms with Crippen LogP contribution in [0.1, 0.15) is 5.69 Å². The van der Waals surface area contributed by atoms with E-state index in [1.807, 2.05) is 7.05 Å². The number of amides is 1. The molecule has 1 aromatic rings. The van der Waals surface area contributed by atoms with Gasteiger partial charge in [-0.2, -0.15) is 0 Å². The molecule has 1 saturated heterocycles. The molecule has 2 unspecified atom stereocenters. The Morgan fingerprint density at radius 1 is 1.59 bits per heavy atom. The lowest BCUT2D eigenvalue weighted by Crippen LogP contribution is -2.42. The number of carbonyl (C=O) groups excluding carboxylic acids is 1. The van der Waals surface area contributed by atoms with E-state index in [1.54, 1.807) is 12.3 Å². The Morgan fingerprint density at radius 3 is 3.18 bits per heavy atom. The summed E-state index contributed by atoms with van der Waals surface area (Å²) in [6.45, 7) is 1.48. The average Bonchev–Trinajstić information content (AvgIpc) is 2.85. The van der Waals surface area contributed by atoms with Crippen molar-refractivity contribution in [1.29, 1.82) is 0 Å². The van der Waals surface area contributed by atoms with Crippen molar-refractivity contribution in [2.45, 2.75) is 12.6 Å². The second-order valence-corrected chi connectivity index (χ2v) is 3.96. The van der Waals surface area contributed by atoms with Crippen LogP contribution in [-0.2, 0) is 16.1 Å². The Hall–Kier alpha value is -1.53. The van der Waals surface area contributed by atoms with Gasteiger partial charge in [-0.15, -0.1) is 0 Å². The van der Waals surface area contributed by atoms with Crippen LogP contribution in [0.4, 0.5) is 0 Å². The summed E-state index contributed by atoms with van der Waals surface area (Å²) < 4.78 is 5.28. The summed E-state index contributed by atoms with van der Waals surface area (Å²) in [5.41, 5.74) is 0.799. The topological polar surface area (TPSA) is 76.1 Å². The average molecular weight is 236 g/mol. The third-order valence-corrected chi connectivity index (χ3v) is 2.88. The zero-order chi connectivity index (χ0) is 12.1. The van der Waals surface area contributed by atoms with Gasteiger partial charge in [0.25, 0.3) is 0 Å². The van der Waals surface area contributed by atoms with Crippen molar-refractivity contribution >= 4 is 5.91 Å². The summed E-state index contributed by atoms with van der Waals surface area (Å²) >= 11 is 0. The predicted octanol–water partition coefficient (Wildman–Crippen LogP) is -0.673. The molecule has 0 spiro atoms. The molecule has 2 N–H and O–H groups in total. The molecule has 1 amide bonds. The Kier molecular flexibility index (Phi) is 4.00. The van der Waals surface area contributed by atoms with Crippen LogP contribution < -0.4 is 10.6 Å². The zero-order valence-electron chi connectivity index (χ0n) is 9.72. The van der Waals surface area contributed by atoms with Gasteiger partial charge in [0.15, 0.2) is 0 Å². The van der Waals surface area contributed by atoms with E-state index in [1.165, 1.54) is 6.33 Å². The van der Waals surface area contributed by atoms with E-state index >= 15 is 0 Å². The van der Waals surface area contributed by atoms with Gasteiger partial charge in [0.05, 0.1) is 31.4 Å². The van der Waals surface area contributed by atoms with Crippen LogP contribution >= 0.6 is 0 Å². The number of rotatable bonds is 4. The van der Waals surface area contributed by atoms with Crippen LogP contribution in [0.5, 0.6) is 0 Å². The quantitative estimate of drug-likeness (QED) is 0.725. The fourth-order valence-corrected chi connectivity index (χ4v) is 1.83. The molecule has 17 heavy (non-hydrogen) atoms. The molecule has 6 nitrogen and oxygen atoms in total. The molecule has 1 aliphatic heterocycles. The Morgan fingerprint density at radius 2 is 2.47 bits per heavy atom. The van der Waals surface area contributed by atoms with Crippen molar-refractivity contribution in [2.75, 3.05) is 20.3 Å². The Balaban J connectivity index is 1.85. The van der Waals surface area contributed by atoms with Gasteiger partial charge in [-0.1, -0.05) is 0 Å². The maximum Gasteiger partial charge on any atom is 0.227 e. The molecule has 0 radical (unpaired) electrons. The molecule has 0 saturated carbocycles. The number of ether oxygens (including phenoxy) is 1. The van der Waals surface area contributed by atoms with Crippen molar-refractivity contribution in [3.05, 3.63) is 24.3 Å². The highest BCUT2D eigenvalue weighted by molar-refractivity contribution is 5.79. The largest absolute Gasteiger partial charge is 0.379 e. The van der Waals surface area contributed by atoms with Crippen molar-refractivity contribution in [1.82, 2.24) is 20.6 Å². The fraction of sp³-hybridized carbons (Fsp3) is 0.545. The molecular weight excluding hydrogens is 220 g/mol. The molecule has 2 rings (SSSR count). The third kappa shape index (κ3) is 2.98. The van der Waals surface area contributed by atoms with Crippen LogP contribution in [0.3, 0.4) is 0 Å². The lowest BCUT2D eigenvalue weighted by atomic mass is 10.0. The van der Waals surface area contributed by atoms with Crippen LogP contribution in [0, 0.1) is 5.92 Å². The second-order valence-electron chi connectivity index (χ2n) is 3.96. The van der Waals surface area contributed by atoms with Crippen LogP contribution in [-0.4, -0.2) is 42.2 Å². The number of carbonyl (C=O) groups is 1. The van der Waals surface area contributed by atoms with Gasteiger partial charge in [-0.3, -0.25) is 4.79 Å². The first-order chi connectivity index (χ1) is 8.31.